The summed E-state index contributed by atoms with van der Waals surface area (Å²) in [5.74, 6) is 0. The molecule has 0 N–H and O–H groups in total. The van der Waals surface area contributed by atoms with Crippen molar-refractivity contribution >= 4 is 0 Å². The molecule has 0 radical (unpaired) electrons. The molecule has 0 aromatic carbocycles. The summed E-state index contributed by atoms with van der Waals surface area (Å²) in [5, 5.41) is 7.11. The van der Waals surface area contributed by atoms with E-state index in [1.54, 1.807) is 0 Å². The van der Waals surface area contributed by atoms with Crippen LogP contribution in [0.5, 0.6) is 0 Å². The van der Waals surface area contributed by atoms with E-state index < -0.39 is 0 Å². The summed E-state index contributed by atoms with van der Waals surface area (Å²) in [7, 11) is 0. The normalized spacial score (nSPS) is 39.7. The van der Waals surface area contributed by atoms with Crippen LogP contribution >= 0.6 is 0 Å². The lowest BCUT2D eigenvalue weighted by atomic mass is 10.1. The van der Waals surface area contributed by atoms with E-state index in [0.29, 0.717) is 13.2 Å². The first-order valence-electron chi connectivity index (χ1n) is 4.18. The van der Waals surface area contributed by atoms with Gasteiger partial charge in [-0.3, -0.25) is 0 Å². The van der Waals surface area contributed by atoms with E-state index in [9.17, 15) is 0 Å². The standard InChI is InChI=1S/C6H8N6O2/c7-11-9-3-1-13-6-4(10-12-8)2-14-5(3)6/h3-6H,1-2H2/t3-,4-,5-,6-/m1/s1. The lowest BCUT2D eigenvalue weighted by molar-refractivity contribution is 0.0692. The van der Waals surface area contributed by atoms with Gasteiger partial charge in [-0.1, -0.05) is 10.2 Å². The first kappa shape index (κ1) is 9.11. The van der Waals surface area contributed by atoms with Gasteiger partial charge in [0.1, 0.15) is 0 Å². The fourth-order valence-electron chi connectivity index (χ4n) is 1.79. The third kappa shape index (κ3) is 1.36. The second kappa shape index (κ2) is 3.73. The average Bonchev–Trinajstić information content (AvgIpc) is 2.72. The molecule has 0 unspecified atom stereocenters. The van der Waals surface area contributed by atoms with E-state index in [1.807, 2.05) is 0 Å². The Hall–Kier alpha value is -1.46. The van der Waals surface area contributed by atoms with E-state index in [0.717, 1.165) is 0 Å². The summed E-state index contributed by atoms with van der Waals surface area (Å²) in [6.07, 6.45) is -0.525. The molecule has 2 aliphatic rings. The molecule has 8 heteroatoms. The number of rotatable bonds is 2. The molecule has 4 atom stereocenters. The maximum Gasteiger partial charge on any atom is 0.0948 e. The van der Waals surface area contributed by atoms with Gasteiger partial charge < -0.3 is 9.47 Å². The highest BCUT2D eigenvalue weighted by Crippen LogP contribution is 2.30. The number of hydrogen-bond acceptors (Lipinski definition) is 4. The molecule has 0 spiro atoms. The highest BCUT2D eigenvalue weighted by atomic mass is 16.6. The van der Waals surface area contributed by atoms with Crippen molar-refractivity contribution in [3.8, 4) is 0 Å². The van der Waals surface area contributed by atoms with Crippen LogP contribution in [-0.4, -0.2) is 37.5 Å². The second-order valence-electron chi connectivity index (χ2n) is 3.14. The molecule has 0 aromatic rings. The van der Waals surface area contributed by atoms with Crippen LogP contribution in [0.1, 0.15) is 0 Å². The van der Waals surface area contributed by atoms with Gasteiger partial charge in [-0.2, -0.15) is 0 Å². The summed E-state index contributed by atoms with van der Waals surface area (Å²) >= 11 is 0. The van der Waals surface area contributed by atoms with Crippen molar-refractivity contribution in [1.29, 1.82) is 0 Å². The van der Waals surface area contributed by atoms with Gasteiger partial charge in [-0.25, -0.2) is 0 Å². The van der Waals surface area contributed by atoms with Crippen LogP contribution in [0, 0.1) is 0 Å². The molecule has 0 amide bonds. The van der Waals surface area contributed by atoms with Crippen molar-refractivity contribution in [2.75, 3.05) is 13.2 Å². The molecule has 0 saturated carbocycles. The fourth-order valence-corrected chi connectivity index (χ4v) is 1.79. The van der Waals surface area contributed by atoms with E-state index in [-0.39, 0.29) is 24.3 Å². The largest absolute Gasteiger partial charge is 0.374 e. The molecule has 2 heterocycles. The number of nitrogens with zero attached hydrogens (tertiary/aromatic N) is 6. The van der Waals surface area contributed by atoms with Gasteiger partial charge in [-0.05, 0) is 11.1 Å². The summed E-state index contributed by atoms with van der Waals surface area (Å²) in [6, 6.07) is -0.604. The SMILES string of the molecule is [N-]=[N+]=N[C@@H]1CO[C@H]2[C@@H]1OC[C@H]2N=[N+]=[N-]. The Labute approximate surface area is 79.0 Å². The highest BCUT2D eigenvalue weighted by molar-refractivity contribution is 5.00. The Balaban J connectivity index is 2.11. The lowest BCUT2D eigenvalue weighted by Crippen LogP contribution is -2.29. The Morgan fingerprint density at radius 3 is 1.71 bits per heavy atom. The van der Waals surface area contributed by atoms with Crippen LogP contribution in [0.4, 0.5) is 0 Å². The van der Waals surface area contributed by atoms with Gasteiger partial charge in [0, 0.05) is 9.82 Å². The topological polar surface area (TPSA) is 116 Å². The third-order valence-electron chi connectivity index (χ3n) is 2.40. The van der Waals surface area contributed by atoms with Gasteiger partial charge in [0.25, 0.3) is 0 Å². The molecule has 2 saturated heterocycles. The molecule has 8 nitrogen and oxygen atoms in total. The zero-order valence-electron chi connectivity index (χ0n) is 7.22. The van der Waals surface area contributed by atoms with Crippen LogP contribution in [-0.2, 0) is 9.47 Å². The monoisotopic (exact) mass is 196 g/mol. The Morgan fingerprint density at radius 1 is 0.929 bits per heavy atom. The summed E-state index contributed by atoms with van der Waals surface area (Å²) in [5.41, 5.74) is 16.6. The number of azide groups is 2. The van der Waals surface area contributed by atoms with Crippen molar-refractivity contribution in [2.24, 2.45) is 10.2 Å². The molecule has 0 aliphatic carbocycles. The minimum Gasteiger partial charge on any atom is -0.374 e. The predicted molar refractivity (Wildman–Crippen MR) is 45.3 cm³/mol. The van der Waals surface area contributed by atoms with Crippen LogP contribution in [0.15, 0.2) is 10.2 Å². The van der Waals surface area contributed by atoms with Crippen molar-refractivity contribution < 1.29 is 9.47 Å². The van der Waals surface area contributed by atoms with E-state index in [2.05, 4.69) is 20.1 Å². The molecule has 2 aliphatic heterocycles. The second-order valence-corrected chi connectivity index (χ2v) is 3.14. The first-order chi connectivity index (χ1) is 6.86. The van der Waals surface area contributed by atoms with Crippen molar-refractivity contribution in [2.45, 2.75) is 24.3 Å². The first-order valence-corrected chi connectivity index (χ1v) is 4.18. The van der Waals surface area contributed by atoms with Crippen molar-refractivity contribution in [3.05, 3.63) is 20.9 Å². The van der Waals surface area contributed by atoms with E-state index in [1.165, 1.54) is 0 Å². The maximum absolute atomic E-state index is 8.28. The van der Waals surface area contributed by atoms with Crippen molar-refractivity contribution in [1.82, 2.24) is 0 Å². The average molecular weight is 196 g/mol. The number of fused-ring (bicyclic) bond motifs is 1. The minimum atomic E-state index is -0.302. The van der Waals surface area contributed by atoms with Crippen LogP contribution in [0.25, 0.3) is 20.9 Å². The summed E-state index contributed by atoms with van der Waals surface area (Å²) in [6.45, 7) is 0.660. The van der Waals surface area contributed by atoms with Crippen molar-refractivity contribution in [3.63, 3.8) is 0 Å². The Morgan fingerprint density at radius 2 is 1.36 bits per heavy atom. The number of ether oxygens (including phenoxy) is 2. The molecule has 14 heavy (non-hydrogen) atoms. The van der Waals surface area contributed by atoms with Gasteiger partial charge in [0.05, 0.1) is 37.5 Å². The Kier molecular flexibility index (Phi) is 2.43. The van der Waals surface area contributed by atoms with Gasteiger partial charge in [0.15, 0.2) is 0 Å². The minimum absolute atomic E-state index is 0.263. The molecule has 0 aromatic heterocycles. The Bertz CT molecular complexity index is 288. The number of hydrogen-bond donors (Lipinski definition) is 0. The van der Waals surface area contributed by atoms with E-state index in [4.69, 9.17) is 20.5 Å². The van der Waals surface area contributed by atoms with E-state index >= 15 is 0 Å². The zero-order valence-corrected chi connectivity index (χ0v) is 7.22. The molecule has 74 valence electrons. The lowest BCUT2D eigenvalue weighted by Gasteiger charge is -2.10. The molecule has 0 bridgehead atoms. The highest BCUT2D eigenvalue weighted by Gasteiger charge is 2.46. The maximum atomic E-state index is 8.28. The van der Waals surface area contributed by atoms with Crippen LogP contribution < -0.4 is 0 Å². The fraction of sp³-hybridized carbons (Fsp3) is 1.00. The predicted octanol–water partition coefficient (Wildman–Crippen LogP) is 1.14. The molecule has 2 fully saturated rings. The molecular weight excluding hydrogens is 188 g/mol. The third-order valence-corrected chi connectivity index (χ3v) is 2.40. The van der Waals surface area contributed by atoms with Gasteiger partial charge >= 0.3 is 0 Å². The quantitative estimate of drug-likeness (QED) is 0.374. The summed E-state index contributed by atoms with van der Waals surface area (Å²) in [4.78, 5) is 5.42. The smallest absolute Gasteiger partial charge is 0.0948 e. The molecule has 2 rings (SSSR count). The zero-order chi connectivity index (χ0) is 9.97. The summed E-state index contributed by atoms with van der Waals surface area (Å²) < 4.78 is 10.7. The van der Waals surface area contributed by atoms with Crippen LogP contribution in [0.3, 0.4) is 0 Å². The molecular formula is C6H8N6O2. The van der Waals surface area contributed by atoms with Crippen LogP contribution in [0.2, 0.25) is 0 Å². The van der Waals surface area contributed by atoms with Gasteiger partial charge in [0.2, 0.25) is 0 Å². The van der Waals surface area contributed by atoms with Gasteiger partial charge in [-0.15, -0.1) is 0 Å².